The second-order valence-corrected chi connectivity index (χ2v) is 5.47. The monoisotopic (exact) mass is 303 g/mol. The van der Waals surface area contributed by atoms with Crippen LogP contribution in [-0.4, -0.2) is 16.1 Å². The molecule has 0 saturated carbocycles. The van der Waals surface area contributed by atoms with Crippen LogP contribution in [0.3, 0.4) is 0 Å². The number of hydrogen-bond donors (Lipinski definition) is 1. The molecule has 1 aromatic heterocycles. The third-order valence-electron chi connectivity index (χ3n) is 4.06. The fraction of sp³-hybridized carbons (Fsp3) is 0.0526. The Balaban J connectivity index is 1.89. The molecule has 0 aliphatic heterocycles. The van der Waals surface area contributed by atoms with Crippen LogP contribution in [-0.2, 0) is 0 Å². The molecule has 0 radical (unpaired) electrons. The Morgan fingerprint density at radius 2 is 1.91 bits per heavy atom. The molecule has 0 amide bonds. The van der Waals surface area contributed by atoms with Gasteiger partial charge in [0.05, 0.1) is 5.56 Å². The normalized spacial score (nSPS) is 11.2. The zero-order valence-electron chi connectivity index (χ0n) is 12.4. The number of nitrogens with zero attached hydrogens (tertiary/aromatic N) is 1. The summed E-state index contributed by atoms with van der Waals surface area (Å²) in [6.07, 6.45) is 0. The molecule has 4 heteroatoms. The lowest BCUT2D eigenvalue weighted by atomic mass is 9.98. The van der Waals surface area contributed by atoms with Crippen molar-refractivity contribution >= 4 is 27.8 Å². The molecule has 1 N–H and O–H groups in total. The van der Waals surface area contributed by atoms with Gasteiger partial charge in [0.1, 0.15) is 5.52 Å². The Morgan fingerprint density at radius 1 is 1.09 bits per heavy atom. The van der Waals surface area contributed by atoms with Gasteiger partial charge in [-0.1, -0.05) is 24.3 Å². The Hall–Kier alpha value is -3.14. The van der Waals surface area contributed by atoms with Gasteiger partial charge < -0.3 is 9.52 Å². The molecule has 4 nitrogen and oxygen atoms in total. The van der Waals surface area contributed by atoms with Gasteiger partial charge in [-0.15, -0.1) is 0 Å². The van der Waals surface area contributed by atoms with Crippen LogP contribution in [0.25, 0.3) is 33.3 Å². The summed E-state index contributed by atoms with van der Waals surface area (Å²) in [5.41, 5.74) is 3.53. The molecule has 0 aliphatic carbocycles. The number of carboxylic acid groups (broad SMARTS) is 1. The van der Waals surface area contributed by atoms with Gasteiger partial charge in [-0.3, -0.25) is 0 Å². The number of benzene rings is 3. The zero-order chi connectivity index (χ0) is 16.0. The second kappa shape index (κ2) is 4.95. The smallest absolute Gasteiger partial charge is 0.335 e. The minimum atomic E-state index is -0.910. The van der Waals surface area contributed by atoms with Crippen molar-refractivity contribution in [1.29, 1.82) is 0 Å². The first kappa shape index (κ1) is 13.5. The SMILES string of the molecule is Cc1c(C(=O)O)ccc2cc(-c3nc4ccccc4o3)ccc12. The van der Waals surface area contributed by atoms with Crippen molar-refractivity contribution in [2.24, 2.45) is 0 Å². The first-order valence-corrected chi connectivity index (χ1v) is 7.26. The molecule has 0 saturated heterocycles. The standard InChI is InChI=1S/C19H13NO3/c1-11-14-8-7-13(10-12(14)6-9-15(11)19(21)22)18-20-16-4-2-3-5-17(16)23-18/h2-10H,1H3,(H,21,22). The highest BCUT2D eigenvalue weighted by atomic mass is 16.4. The molecule has 1 heterocycles. The van der Waals surface area contributed by atoms with E-state index in [2.05, 4.69) is 4.98 Å². The van der Waals surface area contributed by atoms with Gasteiger partial charge in [0.15, 0.2) is 5.58 Å². The maximum atomic E-state index is 11.2. The molecular formula is C19H13NO3. The Kier molecular flexibility index (Phi) is 2.91. The highest BCUT2D eigenvalue weighted by molar-refractivity contribution is 5.98. The molecule has 0 bridgehead atoms. The van der Waals surface area contributed by atoms with Crippen molar-refractivity contribution in [2.75, 3.05) is 0 Å². The maximum Gasteiger partial charge on any atom is 0.335 e. The molecule has 23 heavy (non-hydrogen) atoms. The molecule has 4 rings (SSSR count). The van der Waals surface area contributed by atoms with Crippen LogP contribution in [0.5, 0.6) is 0 Å². The number of carboxylic acids is 1. The van der Waals surface area contributed by atoms with Crippen molar-refractivity contribution in [3.8, 4) is 11.5 Å². The van der Waals surface area contributed by atoms with Gasteiger partial charge in [-0.05, 0) is 53.6 Å². The molecule has 0 atom stereocenters. The topological polar surface area (TPSA) is 63.3 Å². The molecule has 0 fully saturated rings. The van der Waals surface area contributed by atoms with Gasteiger partial charge in [0.2, 0.25) is 5.89 Å². The van der Waals surface area contributed by atoms with E-state index in [4.69, 9.17) is 4.42 Å². The number of carbonyl (C=O) groups is 1. The third kappa shape index (κ3) is 2.16. The van der Waals surface area contributed by atoms with Crippen molar-refractivity contribution < 1.29 is 14.3 Å². The molecule has 4 aromatic rings. The lowest BCUT2D eigenvalue weighted by Crippen LogP contribution is -1.99. The van der Waals surface area contributed by atoms with E-state index >= 15 is 0 Å². The molecule has 112 valence electrons. The molecule has 0 aliphatic rings. The van der Waals surface area contributed by atoms with Crippen LogP contribution in [0.15, 0.2) is 59.0 Å². The molecule has 0 spiro atoms. The van der Waals surface area contributed by atoms with Crippen molar-refractivity contribution in [2.45, 2.75) is 6.92 Å². The summed E-state index contributed by atoms with van der Waals surface area (Å²) in [6.45, 7) is 1.82. The number of aryl methyl sites for hydroxylation is 1. The number of aromatic nitrogens is 1. The minimum Gasteiger partial charge on any atom is -0.478 e. The van der Waals surface area contributed by atoms with Crippen LogP contribution in [0, 0.1) is 6.92 Å². The number of hydrogen-bond acceptors (Lipinski definition) is 3. The number of fused-ring (bicyclic) bond motifs is 2. The van der Waals surface area contributed by atoms with E-state index in [0.29, 0.717) is 11.5 Å². The highest BCUT2D eigenvalue weighted by Gasteiger charge is 2.12. The Bertz CT molecular complexity index is 1030. The fourth-order valence-electron chi connectivity index (χ4n) is 2.85. The van der Waals surface area contributed by atoms with Crippen molar-refractivity contribution in [3.63, 3.8) is 0 Å². The summed E-state index contributed by atoms with van der Waals surface area (Å²) >= 11 is 0. The predicted octanol–water partition coefficient (Wildman–Crippen LogP) is 4.65. The second-order valence-electron chi connectivity index (χ2n) is 5.47. The van der Waals surface area contributed by atoms with Crippen molar-refractivity contribution in [1.82, 2.24) is 4.98 Å². The van der Waals surface area contributed by atoms with E-state index in [1.165, 1.54) is 0 Å². The fourth-order valence-corrected chi connectivity index (χ4v) is 2.85. The summed E-state index contributed by atoms with van der Waals surface area (Å²) in [7, 11) is 0. The molecule has 0 unspecified atom stereocenters. The summed E-state index contributed by atoms with van der Waals surface area (Å²) in [6, 6.07) is 16.9. The quantitative estimate of drug-likeness (QED) is 0.585. The molecular weight excluding hydrogens is 290 g/mol. The zero-order valence-corrected chi connectivity index (χ0v) is 12.4. The van der Waals surface area contributed by atoms with Gasteiger partial charge in [0, 0.05) is 5.56 Å². The summed E-state index contributed by atoms with van der Waals surface area (Å²) in [4.78, 5) is 15.7. The Morgan fingerprint density at radius 3 is 2.70 bits per heavy atom. The average molecular weight is 303 g/mol. The lowest BCUT2D eigenvalue weighted by molar-refractivity contribution is 0.0696. The summed E-state index contributed by atoms with van der Waals surface area (Å²) < 4.78 is 5.79. The Labute approximate surface area is 132 Å². The van der Waals surface area contributed by atoms with E-state index < -0.39 is 5.97 Å². The van der Waals surface area contributed by atoms with E-state index in [1.54, 1.807) is 6.07 Å². The van der Waals surface area contributed by atoms with E-state index in [-0.39, 0.29) is 0 Å². The number of oxazole rings is 1. The summed E-state index contributed by atoms with van der Waals surface area (Å²) in [5, 5.41) is 11.1. The maximum absolute atomic E-state index is 11.2. The predicted molar refractivity (Wildman–Crippen MR) is 88.6 cm³/mol. The molecule has 3 aromatic carbocycles. The van der Waals surface area contributed by atoms with Gasteiger partial charge >= 0.3 is 5.97 Å². The average Bonchev–Trinajstić information content (AvgIpc) is 2.98. The van der Waals surface area contributed by atoms with Crippen LogP contribution < -0.4 is 0 Å². The first-order valence-electron chi connectivity index (χ1n) is 7.26. The lowest BCUT2D eigenvalue weighted by Gasteiger charge is -2.07. The van der Waals surface area contributed by atoms with Crippen LogP contribution in [0.4, 0.5) is 0 Å². The largest absolute Gasteiger partial charge is 0.478 e. The number of para-hydroxylation sites is 2. The van der Waals surface area contributed by atoms with E-state index in [1.807, 2.05) is 55.5 Å². The van der Waals surface area contributed by atoms with Crippen LogP contribution >= 0.6 is 0 Å². The number of aromatic carboxylic acids is 1. The van der Waals surface area contributed by atoms with Gasteiger partial charge in [-0.2, -0.15) is 0 Å². The van der Waals surface area contributed by atoms with E-state index in [9.17, 15) is 9.90 Å². The first-order chi connectivity index (χ1) is 11.1. The van der Waals surface area contributed by atoms with Gasteiger partial charge in [-0.25, -0.2) is 9.78 Å². The van der Waals surface area contributed by atoms with Gasteiger partial charge in [0.25, 0.3) is 0 Å². The van der Waals surface area contributed by atoms with Crippen LogP contribution in [0.2, 0.25) is 0 Å². The minimum absolute atomic E-state index is 0.326. The van der Waals surface area contributed by atoms with Crippen LogP contribution in [0.1, 0.15) is 15.9 Å². The summed E-state index contributed by atoms with van der Waals surface area (Å²) in [5.74, 6) is -0.347. The highest BCUT2D eigenvalue weighted by Crippen LogP contribution is 2.29. The van der Waals surface area contributed by atoms with Crippen molar-refractivity contribution in [3.05, 3.63) is 65.7 Å². The van der Waals surface area contributed by atoms with E-state index in [0.717, 1.165) is 33.0 Å². The third-order valence-corrected chi connectivity index (χ3v) is 4.06. The number of rotatable bonds is 2.